The molecular weight excluding hydrogens is 336 g/mol. The Hall–Kier alpha value is -2.46. The lowest BCUT2D eigenvalue weighted by Gasteiger charge is -2.23. The first-order valence-corrected chi connectivity index (χ1v) is 8.81. The minimum absolute atomic E-state index is 0.0185. The van der Waals surface area contributed by atoms with Crippen LogP contribution in [0.25, 0.3) is 10.9 Å². The molecule has 0 aliphatic heterocycles. The van der Waals surface area contributed by atoms with E-state index in [2.05, 4.69) is 17.1 Å². The van der Waals surface area contributed by atoms with Crippen LogP contribution in [0, 0.1) is 0 Å². The summed E-state index contributed by atoms with van der Waals surface area (Å²) in [5.41, 5.74) is 2.25. The number of ether oxygens (including phenoxy) is 1. The van der Waals surface area contributed by atoms with Crippen LogP contribution in [0.2, 0.25) is 5.02 Å². The van der Waals surface area contributed by atoms with Crippen LogP contribution in [0.1, 0.15) is 18.4 Å². The molecule has 128 valence electrons. The van der Waals surface area contributed by atoms with E-state index in [1.807, 2.05) is 23.2 Å². The molecule has 0 saturated heterocycles. The van der Waals surface area contributed by atoms with Crippen LogP contribution >= 0.6 is 11.6 Å². The first-order valence-electron chi connectivity index (χ1n) is 8.43. The molecule has 0 bridgehead atoms. The average molecular weight is 355 g/mol. The van der Waals surface area contributed by atoms with Gasteiger partial charge in [0.15, 0.2) is 6.61 Å². The second kappa shape index (κ2) is 6.81. The van der Waals surface area contributed by atoms with Crippen molar-refractivity contribution in [3.63, 3.8) is 0 Å². The number of aromatic nitrogens is 1. The van der Waals surface area contributed by atoms with E-state index in [1.54, 1.807) is 24.3 Å². The quantitative estimate of drug-likeness (QED) is 0.713. The smallest absolute Gasteiger partial charge is 0.261 e. The molecule has 0 spiro atoms. The van der Waals surface area contributed by atoms with E-state index in [-0.39, 0.29) is 12.5 Å². The molecule has 4 nitrogen and oxygen atoms in total. The van der Waals surface area contributed by atoms with Gasteiger partial charge in [0.1, 0.15) is 5.75 Å². The van der Waals surface area contributed by atoms with Gasteiger partial charge in [-0.2, -0.15) is 0 Å². The van der Waals surface area contributed by atoms with Gasteiger partial charge in [-0.15, -0.1) is 0 Å². The zero-order valence-corrected chi connectivity index (χ0v) is 14.5. The summed E-state index contributed by atoms with van der Waals surface area (Å²) in [5, 5.41) is 1.82. The molecular formula is C20H19ClN2O2. The summed E-state index contributed by atoms with van der Waals surface area (Å²) in [7, 11) is 0. The SMILES string of the molecule is O=C(COc1ccc(Cl)cc1)N(Cc1cccc2[nH]ccc12)C1CC1. The van der Waals surface area contributed by atoms with E-state index in [0.717, 1.165) is 23.9 Å². The summed E-state index contributed by atoms with van der Waals surface area (Å²) < 4.78 is 5.64. The maximum atomic E-state index is 12.7. The van der Waals surface area contributed by atoms with Crippen LogP contribution < -0.4 is 4.74 Å². The number of H-pyrrole nitrogens is 1. The number of benzene rings is 2. The van der Waals surface area contributed by atoms with Crippen LogP contribution in [0.15, 0.2) is 54.7 Å². The number of hydrogen-bond acceptors (Lipinski definition) is 2. The molecule has 0 atom stereocenters. The minimum atomic E-state index is 0.0185. The zero-order chi connectivity index (χ0) is 17.2. The number of aromatic amines is 1. The van der Waals surface area contributed by atoms with Gasteiger partial charge < -0.3 is 14.6 Å². The largest absolute Gasteiger partial charge is 0.484 e. The van der Waals surface area contributed by atoms with Gasteiger partial charge in [-0.3, -0.25) is 4.79 Å². The summed E-state index contributed by atoms with van der Waals surface area (Å²) in [6, 6.07) is 15.6. The number of fused-ring (bicyclic) bond motifs is 1. The van der Waals surface area contributed by atoms with E-state index >= 15 is 0 Å². The Bertz CT molecular complexity index is 884. The van der Waals surface area contributed by atoms with Crippen molar-refractivity contribution in [1.29, 1.82) is 0 Å². The Morgan fingerprint density at radius 1 is 1.16 bits per heavy atom. The van der Waals surface area contributed by atoms with Crippen molar-refractivity contribution in [2.24, 2.45) is 0 Å². The monoisotopic (exact) mass is 354 g/mol. The standard InChI is InChI=1S/C20H19ClN2O2/c21-15-4-8-17(9-5-15)25-13-20(24)23(16-6-7-16)12-14-2-1-3-19-18(14)10-11-22-19/h1-5,8-11,16,22H,6-7,12-13H2. The first kappa shape index (κ1) is 16.0. The fourth-order valence-electron chi connectivity index (χ4n) is 3.04. The van der Waals surface area contributed by atoms with Crippen molar-refractivity contribution in [3.8, 4) is 5.75 Å². The van der Waals surface area contributed by atoms with Gasteiger partial charge in [-0.1, -0.05) is 23.7 Å². The third kappa shape index (κ3) is 3.64. The fraction of sp³-hybridized carbons (Fsp3) is 0.250. The third-order valence-electron chi connectivity index (χ3n) is 4.51. The molecule has 0 radical (unpaired) electrons. The highest BCUT2D eigenvalue weighted by atomic mass is 35.5. The Morgan fingerprint density at radius 2 is 1.96 bits per heavy atom. The molecule has 3 aromatic rings. The highest BCUT2D eigenvalue weighted by molar-refractivity contribution is 6.30. The zero-order valence-electron chi connectivity index (χ0n) is 13.7. The molecule has 2 aromatic carbocycles. The van der Waals surface area contributed by atoms with Crippen LogP contribution in [0.3, 0.4) is 0 Å². The molecule has 1 aliphatic rings. The van der Waals surface area contributed by atoms with Crippen molar-refractivity contribution >= 4 is 28.4 Å². The van der Waals surface area contributed by atoms with Crippen molar-refractivity contribution < 1.29 is 9.53 Å². The minimum Gasteiger partial charge on any atom is -0.484 e. The maximum absolute atomic E-state index is 12.7. The molecule has 5 heteroatoms. The predicted octanol–water partition coefficient (Wildman–Crippen LogP) is 4.39. The van der Waals surface area contributed by atoms with Crippen LogP contribution in [0.4, 0.5) is 0 Å². The van der Waals surface area contributed by atoms with Gasteiger partial charge in [0.2, 0.25) is 0 Å². The molecule has 4 rings (SSSR count). The summed E-state index contributed by atoms with van der Waals surface area (Å²) in [4.78, 5) is 17.9. The molecule has 1 N–H and O–H groups in total. The normalized spacial score (nSPS) is 13.8. The number of rotatable bonds is 6. The second-order valence-corrected chi connectivity index (χ2v) is 6.79. The molecule has 1 fully saturated rings. The number of carbonyl (C=O) groups is 1. The summed E-state index contributed by atoms with van der Waals surface area (Å²) in [6.07, 6.45) is 4.06. The van der Waals surface area contributed by atoms with Gasteiger partial charge in [0.05, 0.1) is 0 Å². The van der Waals surface area contributed by atoms with Gasteiger partial charge in [0.25, 0.3) is 5.91 Å². The van der Waals surface area contributed by atoms with E-state index < -0.39 is 0 Å². The predicted molar refractivity (Wildman–Crippen MR) is 98.8 cm³/mol. The highest BCUT2D eigenvalue weighted by Gasteiger charge is 2.33. The molecule has 0 unspecified atom stereocenters. The van der Waals surface area contributed by atoms with Gasteiger partial charge >= 0.3 is 0 Å². The number of halogens is 1. The number of hydrogen-bond donors (Lipinski definition) is 1. The van der Waals surface area contributed by atoms with Crippen molar-refractivity contribution in [2.75, 3.05) is 6.61 Å². The third-order valence-corrected chi connectivity index (χ3v) is 4.76. The number of nitrogens with zero attached hydrogens (tertiary/aromatic N) is 1. The number of carbonyl (C=O) groups excluding carboxylic acids is 1. The van der Waals surface area contributed by atoms with Crippen LogP contribution in [-0.4, -0.2) is 28.4 Å². The maximum Gasteiger partial charge on any atom is 0.261 e. The highest BCUT2D eigenvalue weighted by Crippen LogP contribution is 2.30. The molecule has 1 saturated carbocycles. The lowest BCUT2D eigenvalue weighted by molar-refractivity contribution is -0.134. The number of amides is 1. The second-order valence-electron chi connectivity index (χ2n) is 6.35. The lowest BCUT2D eigenvalue weighted by atomic mass is 10.1. The molecule has 1 aliphatic carbocycles. The van der Waals surface area contributed by atoms with Gasteiger partial charge in [-0.25, -0.2) is 0 Å². The van der Waals surface area contributed by atoms with Crippen LogP contribution in [-0.2, 0) is 11.3 Å². The first-order chi connectivity index (χ1) is 12.2. The van der Waals surface area contributed by atoms with E-state index in [9.17, 15) is 4.79 Å². The van der Waals surface area contributed by atoms with Crippen molar-refractivity contribution in [2.45, 2.75) is 25.4 Å². The van der Waals surface area contributed by atoms with E-state index in [1.165, 1.54) is 5.39 Å². The van der Waals surface area contributed by atoms with Crippen LogP contribution in [0.5, 0.6) is 5.75 Å². The Labute approximate surface area is 151 Å². The van der Waals surface area contributed by atoms with Gasteiger partial charge in [-0.05, 0) is 54.8 Å². The summed E-state index contributed by atoms with van der Waals surface area (Å²) in [6.45, 7) is 0.657. The molecule has 1 amide bonds. The number of nitrogens with one attached hydrogen (secondary N) is 1. The molecule has 25 heavy (non-hydrogen) atoms. The van der Waals surface area contributed by atoms with Crippen molar-refractivity contribution in [1.82, 2.24) is 9.88 Å². The topological polar surface area (TPSA) is 45.3 Å². The van der Waals surface area contributed by atoms with E-state index in [4.69, 9.17) is 16.3 Å². The Morgan fingerprint density at radius 3 is 2.72 bits per heavy atom. The average Bonchev–Trinajstić information content (AvgIpc) is 3.35. The fourth-order valence-corrected chi connectivity index (χ4v) is 3.16. The Balaban J connectivity index is 1.46. The molecule has 1 aromatic heterocycles. The van der Waals surface area contributed by atoms with E-state index in [0.29, 0.717) is 23.4 Å². The van der Waals surface area contributed by atoms with Gasteiger partial charge in [0, 0.05) is 34.7 Å². The molecule has 1 heterocycles. The summed E-state index contributed by atoms with van der Waals surface area (Å²) in [5.74, 6) is 0.672. The Kier molecular flexibility index (Phi) is 4.36. The summed E-state index contributed by atoms with van der Waals surface area (Å²) >= 11 is 5.87. The lowest BCUT2D eigenvalue weighted by Crippen LogP contribution is -2.36. The van der Waals surface area contributed by atoms with Crippen molar-refractivity contribution in [3.05, 3.63) is 65.3 Å².